The van der Waals surface area contributed by atoms with Crippen molar-refractivity contribution >= 4 is 29.8 Å². The summed E-state index contributed by atoms with van der Waals surface area (Å²) in [5.41, 5.74) is -1.51. The molecule has 0 fully saturated rings. The number of carbonyl (C=O) groups is 5. The average molecular weight is 368 g/mol. The fraction of sp³-hybridized carbons (Fsp3) is 0. The first-order valence-electron chi connectivity index (χ1n) is 6.35. The third kappa shape index (κ3) is 9.09. The zero-order valence-corrected chi connectivity index (χ0v) is 12.7. The van der Waals surface area contributed by atoms with Crippen LogP contribution in [-0.4, -0.2) is 55.4 Å². The van der Waals surface area contributed by atoms with Crippen LogP contribution in [0.3, 0.4) is 0 Å². The SMILES string of the molecule is O=C(O)C=CC(=COC(C=CC(=O)O)=C(C=CC(=O)O)C(=O)O)C(=O)O. The maximum Gasteiger partial charge on any atom is 0.339 e. The van der Waals surface area contributed by atoms with Gasteiger partial charge in [-0.2, -0.15) is 0 Å². The van der Waals surface area contributed by atoms with E-state index >= 15 is 0 Å². The predicted octanol–water partition coefficient (Wildman–Crippen LogP) is 0.233. The second kappa shape index (κ2) is 10.6. The summed E-state index contributed by atoms with van der Waals surface area (Å²) < 4.78 is 4.82. The molecule has 11 nitrogen and oxygen atoms in total. The highest BCUT2D eigenvalue weighted by Crippen LogP contribution is 2.13. The molecular formula is C15H12O11. The van der Waals surface area contributed by atoms with E-state index in [4.69, 9.17) is 30.3 Å². The van der Waals surface area contributed by atoms with Crippen molar-refractivity contribution in [2.45, 2.75) is 0 Å². The third-order valence-electron chi connectivity index (χ3n) is 2.23. The van der Waals surface area contributed by atoms with E-state index in [-0.39, 0.29) is 0 Å². The normalized spacial score (nSPS) is 13.0. The molecule has 138 valence electrons. The Morgan fingerprint density at radius 3 is 1.46 bits per heavy atom. The molecule has 0 unspecified atom stereocenters. The molecule has 0 saturated heterocycles. The summed E-state index contributed by atoms with van der Waals surface area (Å²) in [5.74, 6) is -8.49. The number of hydrogen-bond donors (Lipinski definition) is 5. The molecule has 0 aliphatic rings. The van der Waals surface area contributed by atoms with Gasteiger partial charge in [0.05, 0.1) is 5.57 Å². The Bertz CT molecular complexity index is 762. The average Bonchev–Trinajstić information content (AvgIpc) is 2.50. The summed E-state index contributed by atoms with van der Waals surface area (Å²) in [6.45, 7) is 0. The summed E-state index contributed by atoms with van der Waals surface area (Å²) in [6, 6.07) is 0. The van der Waals surface area contributed by atoms with Gasteiger partial charge in [-0.3, -0.25) is 0 Å². The van der Waals surface area contributed by atoms with Gasteiger partial charge in [-0.25, -0.2) is 24.0 Å². The molecule has 11 heteroatoms. The van der Waals surface area contributed by atoms with Crippen molar-refractivity contribution in [3.8, 4) is 0 Å². The molecule has 0 spiro atoms. The van der Waals surface area contributed by atoms with Crippen molar-refractivity contribution in [2.75, 3.05) is 0 Å². The van der Waals surface area contributed by atoms with Crippen LogP contribution >= 0.6 is 0 Å². The lowest BCUT2D eigenvalue weighted by atomic mass is 10.2. The highest BCUT2D eigenvalue weighted by molar-refractivity contribution is 5.94. The lowest BCUT2D eigenvalue weighted by molar-refractivity contribution is -0.133. The summed E-state index contributed by atoms with van der Waals surface area (Å²) in [6.07, 6.45) is 3.71. The Kier molecular flexibility index (Phi) is 8.90. The number of hydrogen-bond acceptors (Lipinski definition) is 6. The second-order valence-corrected chi connectivity index (χ2v) is 4.09. The maximum absolute atomic E-state index is 11.2. The van der Waals surface area contributed by atoms with E-state index in [9.17, 15) is 24.0 Å². The van der Waals surface area contributed by atoms with Gasteiger partial charge in [0.2, 0.25) is 0 Å². The Hall–Kier alpha value is -4.15. The molecule has 0 bridgehead atoms. The number of allylic oxidation sites excluding steroid dienone is 1. The highest BCUT2D eigenvalue weighted by Gasteiger charge is 2.13. The van der Waals surface area contributed by atoms with Crippen LogP contribution < -0.4 is 0 Å². The minimum Gasteiger partial charge on any atom is -0.478 e. The van der Waals surface area contributed by atoms with Gasteiger partial charge < -0.3 is 30.3 Å². The molecule has 0 rings (SSSR count). The lowest BCUT2D eigenvalue weighted by Crippen LogP contribution is -2.05. The van der Waals surface area contributed by atoms with Crippen LogP contribution in [0.4, 0.5) is 0 Å². The molecule has 0 aromatic heterocycles. The minimum atomic E-state index is -1.70. The maximum atomic E-state index is 11.2. The van der Waals surface area contributed by atoms with Crippen molar-refractivity contribution in [3.63, 3.8) is 0 Å². The summed E-state index contributed by atoms with van der Waals surface area (Å²) >= 11 is 0. The second-order valence-electron chi connectivity index (χ2n) is 4.09. The smallest absolute Gasteiger partial charge is 0.339 e. The minimum absolute atomic E-state index is 0.438. The molecular weight excluding hydrogens is 356 g/mol. The van der Waals surface area contributed by atoms with E-state index in [0.29, 0.717) is 42.7 Å². The summed E-state index contributed by atoms with van der Waals surface area (Å²) in [4.78, 5) is 53.7. The Morgan fingerprint density at radius 2 is 1.04 bits per heavy atom. The van der Waals surface area contributed by atoms with E-state index in [1.54, 1.807) is 0 Å². The predicted molar refractivity (Wildman–Crippen MR) is 81.8 cm³/mol. The van der Waals surface area contributed by atoms with Crippen molar-refractivity contribution < 1.29 is 54.2 Å². The first-order valence-corrected chi connectivity index (χ1v) is 6.35. The number of carboxylic acids is 5. The fourth-order valence-corrected chi connectivity index (χ4v) is 1.20. The van der Waals surface area contributed by atoms with Gasteiger partial charge in [0.25, 0.3) is 0 Å². The molecule has 0 aliphatic carbocycles. The Labute approximate surface area is 144 Å². The molecule has 0 aromatic carbocycles. The van der Waals surface area contributed by atoms with E-state index in [0.717, 1.165) is 0 Å². The van der Waals surface area contributed by atoms with Gasteiger partial charge in [-0.15, -0.1) is 0 Å². The van der Waals surface area contributed by atoms with Crippen molar-refractivity contribution in [1.82, 2.24) is 0 Å². The monoisotopic (exact) mass is 368 g/mol. The van der Waals surface area contributed by atoms with Crippen LogP contribution in [0, 0.1) is 0 Å². The van der Waals surface area contributed by atoms with Gasteiger partial charge in [0, 0.05) is 18.2 Å². The topological polar surface area (TPSA) is 196 Å². The van der Waals surface area contributed by atoms with Crippen molar-refractivity contribution in [1.29, 1.82) is 0 Å². The van der Waals surface area contributed by atoms with E-state index in [2.05, 4.69) is 0 Å². The number of ether oxygens (including phenoxy) is 1. The molecule has 0 atom stereocenters. The standard InChI is InChI=1S/C15H12O11/c16-11(17)4-1-8(14(22)23)7-26-10(3-6-13(20)21)9(15(24)25)2-5-12(18)19/h1-7H,(H,16,17)(H,18,19)(H,20,21)(H,22,23)(H,24,25). The summed E-state index contributed by atoms with van der Waals surface area (Å²) in [7, 11) is 0. The molecule has 0 heterocycles. The number of carboxylic acid groups (broad SMARTS) is 5. The third-order valence-corrected chi connectivity index (χ3v) is 2.23. The molecule has 0 aromatic rings. The first kappa shape index (κ1) is 21.9. The van der Waals surface area contributed by atoms with Gasteiger partial charge in [-0.1, -0.05) is 0 Å². The quantitative estimate of drug-likeness (QED) is 0.201. The summed E-state index contributed by atoms with van der Waals surface area (Å²) in [5, 5.41) is 43.6. The van der Waals surface area contributed by atoms with Gasteiger partial charge >= 0.3 is 29.8 Å². The molecule has 0 amide bonds. The number of rotatable bonds is 10. The van der Waals surface area contributed by atoms with Gasteiger partial charge in [0.15, 0.2) is 0 Å². The zero-order valence-electron chi connectivity index (χ0n) is 12.7. The van der Waals surface area contributed by atoms with Crippen LogP contribution in [0.5, 0.6) is 0 Å². The molecule has 0 aliphatic heterocycles. The lowest BCUT2D eigenvalue weighted by Gasteiger charge is -2.05. The molecule has 26 heavy (non-hydrogen) atoms. The zero-order chi connectivity index (χ0) is 20.3. The van der Waals surface area contributed by atoms with Crippen LogP contribution in [-0.2, 0) is 28.7 Å². The van der Waals surface area contributed by atoms with E-state index in [1.165, 1.54) is 0 Å². The Balaban J connectivity index is 6.12. The van der Waals surface area contributed by atoms with Gasteiger partial charge in [0.1, 0.15) is 17.6 Å². The van der Waals surface area contributed by atoms with E-state index in [1.807, 2.05) is 0 Å². The van der Waals surface area contributed by atoms with Crippen molar-refractivity contribution in [3.05, 3.63) is 59.6 Å². The van der Waals surface area contributed by atoms with Crippen LogP contribution in [0.1, 0.15) is 0 Å². The molecule has 5 N–H and O–H groups in total. The molecule has 0 radical (unpaired) electrons. The van der Waals surface area contributed by atoms with Crippen LogP contribution in [0.2, 0.25) is 0 Å². The largest absolute Gasteiger partial charge is 0.478 e. The molecule has 0 saturated carbocycles. The highest BCUT2D eigenvalue weighted by atomic mass is 16.5. The van der Waals surface area contributed by atoms with Crippen LogP contribution in [0.15, 0.2) is 59.6 Å². The van der Waals surface area contributed by atoms with E-state index < -0.39 is 46.8 Å². The first-order chi connectivity index (χ1) is 12.0. The Morgan fingerprint density at radius 1 is 0.577 bits per heavy atom. The fourth-order valence-electron chi connectivity index (χ4n) is 1.20. The van der Waals surface area contributed by atoms with Gasteiger partial charge in [-0.05, 0) is 18.2 Å². The van der Waals surface area contributed by atoms with Crippen molar-refractivity contribution in [2.24, 2.45) is 0 Å². The van der Waals surface area contributed by atoms with Crippen LogP contribution in [0.25, 0.3) is 0 Å². The number of aliphatic carboxylic acids is 5.